The Morgan fingerprint density at radius 3 is 2.40 bits per heavy atom. The number of ether oxygens (including phenoxy) is 1. The van der Waals surface area contributed by atoms with E-state index in [4.69, 9.17) is 10.5 Å². The van der Waals surface area contributed by atoms with Crippen LogP contribution in [0.25, 0.3) is 0 Å². The van der Waals surface area contributed by atoms with Crippen LogP contribution < -0.4 is 10.5 Å². The third-order valence-corrected chi connectivity index (χ3v) is 4.89. The smallest absolute Gasteiger partial charge is 0.180 e. The zero-order valence-corrected chi connectivity index (χ0v) is 15.2. The van der Waals surface area contributed by atoms with Gasteiger partial charge >= 0.3 is 0 Å². The van der Waals surface area contributed by atoms with Crippen molar-refractivity contribution in [2.24, 2.45) is 0 Å². The molecule has 0 saturated carbocycles. The topological polar surface area (TPSA) is 51.4 Å². The summed E-state index contributed by atoms with van der Waals surface area (Å²) in [6, 6.07) is 18.8. The van der Waals surface area contributed by atoms with Crippen molar-refractivity contribution >= 4 is 16.5 Å². The summed E-state index contributed by atoms with van der Waals surface area (Å²) in [6.07, 6.45) is 2.87. The van der Waals surface area contributed by atoms with Crippen LogP contribution in [0.2, 0.25) is 0 Å². The summed E-state index contributed by atoms with van der Waals surface area (Å²) in [5.74, 6) is 0.894. The highest BCUT2D eigenvalue weighted by Crippen LogP contribution is 2.19. The van der Waals surface area contributed by atoms with Gasteiger partial charge in [0.1, 0.15) is 5.75 Å². The average molecular weight is 353 g/mol. The Morgan fingerprint density at radius 2 is 1.76 bits per heavy atom. The van der Waals surface area contributed by atoms with E-state index in [-0.39, 0.29) is 0 Å². The molecule has 0 atom stereocenters. The van der Waals surface area contributed by atoms with E-state index in [0.29, 0.717) is 5.13 Å². The van der Waals surface area contributed by atoms with Crippen LogP contribution in [-0.4, -0.2) is 23.5 Å². The van der Waals surface area contributed by atoms with Gasteiger partial charge in [-0.3, -0.25) is 4.90 Å². The highest BCUT2D eigenvalue weighted by molar-refractivity contribution is 7.15. The van der Waals surface area contributed by atoms with E-state index in [1.807, 2.05) is 18.3 Å². The number of hydrogen-bond acceptors (Lipinski definition) is 5. The Labute approximate surface area is 152 Å². The molecule has 0 unspecified atom stereocenters. The lowest BCUT2D eigenvalue weighted by molar-refractivity contribution is 0.262. The van der Waals surface area contributed by atoms with Crippen LogP contribution in [0.15, 0.2) is 60.8 Å². The highest BCUT2D eigenvalue weighted by Gasteiger charge is 2.10. The molecule has 25 heavy (non-hydrogen) atoms. The van der Waals surface area contributed by atoms with Gasteiger partial charge in [0.15, 0.2) is 5.13 Å². The summed E-state index contributed by atoms with van der Waals surface area (Å²) in [5, 5.41) is 0.629. The normalized spacial score (nSPS) is 11.0. The largest absolute Gasteiger partial charge is 0.497 e. The van der Waals surface area contributed by atoms with E-state index in [9.17, 15) is 0 Å². The maximum Gasteiger partial charge on any atom is 0.180 e. The molecule has 3 aromatic rings. The Bertz CT molecular complexity index is 771. The molecule has 0 aliphatic heterocycles. The van der Waals surface area contributed by atoms with Crippen molar-refractivity contribution in [3.05, 3.63) is 76.8 Å². The fraction of sp³-hybridized carbons (Fsp3) is 0.250. The van der Waals surface area contributed by atoms with Crippen LogP contribution >= 0.6 is 11.3 Å². The van der Waals surface area contributed by atoms with Crippen LogP contribution in [0, 0.1) is 0 Å². The Balaban J connectivity index is 1.66. The molecule has 0 bridgehead atoms. The van der Waals surface area contributed by atoms with Crippen molar-refractivity contribution in [3.8, 4) is 5.75 Å². The van der Waals surface area contributed by atoms with Crippen molar-refractivity contribution in [3.63, 3.8) is 0 Å². The second kappa shape index (κ2) is 8.65. The SMILES string of the molecule is COc1ccc(CCN(Cc2ccccc2)Cc2cnc(N)s2)cc1. The van der Waals surface area contributed by atoms with Crippen LogP contribution in [0.4, 0.5) is 5.13 Å². The molecule has 0 aliphatic carbocycles. The van der Waals surface area contributed by atoms with Crippen molar-refractivity contribution in [1.29, 1.82) is 0 Å². The number of benzene rings is 2. The van der Waals surface area contributed by atoms with E-state index >= 15 is 0 Å². The fourth-order valence-electron chi connectivity index (χ4n) is 2.75. The lowest BCUT2D eigenvalue weighted by atomic mass is 10.1. The summed E-state index contributed by atoms with van der Waals surface area (Å²) < 4.78 is 5.23. The first-order chi connectivity index (χ1) is 12.2. The standard InChI is InChI=1S/C20H23N3OS/c1-24-18-9-7-16(8-10-18)11-12-23(14-17-5-3-2-4-6-17)15-19-13-22-20(21)25-19/h2-10,13H,11-12,14-15H2,1H3,(H2,21,22). The maximum atomic E-state index is 5.78. The van der Waals surface area contributed by atoms with Gasteiger partial charge in [-0.05, 0) is 29.7 Å². The zero-order valence-electron chi connectivity index (χ0n) is 14.4. The molecule has 130 valence electrons. The fourth-order valence-corrected chi connectivity index (χ4v) is 3.48. The van der Waals surface area contributed by atoms with Gasteiger partial charge in [0.25, 0.3) is 0 Å². The average Bonchev–Trinajstić information content (AvgIpc) is 3.06. The van der Waals surface area contributed by atoms with Gasteiger partial charge in [-0.15, -0.1) is 11.3 Å². The minimum atomic E-state index is 0.629. The molecule has 1 heterocycles. The van der Waals surface area contributed by atoms with Gasteiger partial charge in [0.2, 0.25) is 0 Å². The number of nitrogens with zero attached hydrogens (tertiary/aromatic N) is 2. The number of nitrogen functional groups attached to an aromatic ring is 1. The number of thiazole rings is 1. The van der Waals surface area contributed by atoms with E-state index in [2.05, 4.69) is 52.3 Å². The van der Waals surface area contributed by atoms with Gasteiger partial charge in [0, 0.05) is 30.7 Å². The van der Waals surface area contributed by atoms with Crippen molar-refractivity contribution in [2.45, 2.75) is 19.5 Å². The summed E-state index contributed by atoms with van der Waals surface area (Å²) in [4.78, 5) is 7.80. The van der Waals surface area contributed by atoms with Crippen LogP contribution in [0.1, 0.15) is 16.0 Å². The lowest BCUT2D eigenvalue weighted by Crippen LogP contribution is -2.25. The highest BCUT2D eigenvalue weighted by atomic mass is 32.1. The number of rotatable bonds is 8. The van der Waals surface area contributed by atoms with Gasteiger partial charge in [-0.1, -0.05) is 42.5 Å². The number of anilines is 1. The molecular formula is C20H23N3OS. The van der Waals surface area contributed by atoms with Crippen LogP contribution in [-0.2, 0) is 19.5 Å². The molecule has 0 fully saturated rings. The summed E-state index contributed by atoms with van der Waals surface area (Å²) >= 11 is 1.56. The van der Waals surface area contributed by atoms with E-state index in [1.54, 1.807) is 18.4 Å². The van der Waals surface area contributed by atoms with E-state index < -0.39 is 0 Å². The molecule has 1 aromatic heterocycles. The van der Waals surface area contributed by atoms with Crippen LogP contribution in [0.3, 0.4) is 0 Å². The number of hydrogen-bond donors (Lipinski definition) is 1. The molecule has 0 aliphatic rings. The summed E-state index contributed by atoms with van der Waals surface area (Å²) in [5.41, 5.74) is 8.40. The van der Waals surface area contributed by atoms with Crippen molar-refractivity contribution in [1.82, 2.24) is 9.88 Å². The molecule has 5 heteroatoms. The van der Waals surface area contributed by atoms with Crippen molar-refractivity contribution < 1.29 is 4.74 Å². The molecule has 0 radical (unpaired) electrons. The second-order valence-corrected chi connectivity index (χ2v) is 7.11. The summed E-state index contributed by atoms with van der Waals surface area (Å²) in [6.45, 7) is 2.74. The monoisotopic (exact) mass is 353 g/mol. The zero-order chi connectivity index (χ0) is 17.5. The Kier molecular flexibility index (Phi) is 6.04. The molecular weight excluding hydrogens is 330 g/mol. The molecule has 0 amide bonds. The van der Waals surface area contributed by atoms with Gasteiger partial charge in [0.05, 0.1) is 7.11 Å². The molecule has 3 rings (SSSR count). The summed E-state index contributed by atoms with van der Waals surface area (Å²) in [7, 11) is 1.69. The molecule has 2 aromatic carbocycles. The maximum absolute atomic E-state index is 5.78. The van der Waals surface area contributed by atoms with Crippen molar-refractivity contribution in [2.75, 3.05) is 19.4 Å². The number of aromatic nitrogens is 1. The predicted octanol–water partition coefficient (Wildman–Crippen LogP) is 3.98. The van der Waals surface area contributed by atoms with E-state index in [1.165, 1.54) is 16.0 Å². The first-order valence-corrected chi connectivity index (χ1v) is 9.14. The molecule has 2 N–H and O–H groups in total. The van der Waals surface area contributed by atoms with Gasteiger partial charge in [-0.2, -0.15) is 0 Å². The quantitative estimate of drug-likeness (QED) is 0.665. The minimum absolute atomic E-state index is 0.629. The van der Waals surface area contributed by atoms with Gasteiger partial charge in [-0.25, -0.2) is 4.98 Å². The third kappa shape index (κ3) is 5.31. The lowest BCUT2D eigenvalue weighted by Gasteiger charge is -2.22. The first-order valence-electron chi connectivity index (χ1n) is 8.32. The van der Waals surface area contributed by atoms with Crippen LogP contribution in [0.5, 0.6) is 5.75 Å². The Morgan fingerprint density at radius 1 is 1.00 bits per heavy atom. The Hall–Kier alpha value is -2.37. The van der Waals surface area contributed by atoms with Gasteiger partial charge < -0.3 is 10.5 Å². The predicted molar refractivity (Wildman–Crippen MR) is 104 cm³/mol. The first kappa shape index (κ1) is 17.5. The molecule has 0 spiro atoms. The third-order valence-electron chi connectivity index (χ3n) is 4.08. The second-order valence-electron chi connectivity index (χ2n) is 5.96. The molecule has 0 saturated heterocycles. The number of nitrogens with two attached hydrogens (primary N) is 1. The van der Waals surface area contributed by atoms with E-state index in [0.717, 1.165) is 31.8 Å². The minimum Gasteiger partial charge on any atom is -0.497 e. The number of methoxy groups -OCH3 is 1. The molecule has 4 nitrogen and oxygen atoms in total.